The van der Waals surface area contributed by atoms with Crippen molar-refractivity contribution in [2.45, 2.75) is 25.9 Å². The van der Waals surface area contributed by atoms with E-state index in [9.17, 15) is 9.90 Å². The number of aromatic nitrogens is 1. The molecule has 0 spiro atoms. The molecule has 1 N–H and O–H groups in total. The number of nitrogens with zero attached hydrogens (tertiary/aromatic N) is 2. The number of piperidine rings is 1. The summed E-state index contributed by atoms with van der Waals surface area (Å²) in [6, 6.07) is 3.45. The van der Waals surface area contributed by atoms with Crippen LogP contribution in [0, 0.1) is 5.92 Å². The molecule has 2 heterocycles. The molecule has 1 aromatic rings. The van der Waals surface area contributed by atoms with E-state index < -0.39 is 0 Å². The third-order valence-electron chi connectivity index (χ3n) is 3.62. The maximum absolute atomic E-state index is 12.5. The predicted molar refractivity (Wildman–Crippen MR) is 71.1 cm³/mol. The van der Waals surface area contributed by atoms with Crippen molar-refractivity contribution in [1.82, 2.24) is 9.88 Å². The number of aliphatic hydroxyl groups is 1. The van der Waals surface area contributed by atoms with Crippen molar-refractivity contribution in [3.05, 3.63) is 23.9 Å². The number of carbonyl (C=O) groups is 1. The molecule has 0 saturated carbocycles. The first-order valence-electron chi connectivity index (χ1n) is 6.60. The fourth-order valence-corrected chi connectivity index (χ4v) is 2.47. The molecule has 1 aromatic heterocycles. The fourth-order valence-electron chi connectivity index (χ4n) is 2.47. The van der Waals surface area contributed by atoms with Gasteiger partial charge in [0.1, 0.15) is 5.56 Å². The van der Waals surface area contributed by atoms with E-state index in [2.05, 4.69) is 4.98 Å². The van der Waals surface area contributed by atoms with Gasteiger partial charge in [0.2, 0.25) is 5.88 Å². The molecule has 1 aliphatic heterocycles. The minimum absolute atomic E-state index is 0.0738. The van der Waals surface area contributed by atoms with Crippen LogP contribution in [0.3, 0.4) is 0 Å². The summed E-state index contributed by atoms with van der Waals surface area (Å²) < 4.78 is 5.12. The molecular formula is C14H20N2O3. The van der Waals surface area contributed by atoms with Gasteiger partial charge >= 0.3 is 0 Å². The molecule has 2 unspecified atom stereocenters. The van der Waals surface area contributed by atoms with Crippen LogP contribution in [0.2, 0.25) is 0 Å². The molecule has 1 amide bonds. The number of aliphatic hydroxyl groups excluding tert-OH is 1. The first-order chi connectivity index (χ1) is 9.13. The topological polar surface area (TPSA) is 62.7 Å². The number of hydrogen-bond donors (Lipinski definition) is 1. The number of ether oxygens (including phenoxy) is 1. The van der Waals surface area contributed by atoms with Gasteiger partial charge in [-0.1, -0.05) is 0 Å². The lowest BCUT2D eigenvalue weighted by Crippen LogP contribution is -2.43. The van der Waals surface area contributed by atoms with Gasteiger partial charge in [-0.3, -0.25) is 4.79 Å². The zero-order chi connectivity index (χ0) is 13.8. The molecule has 2 rings (SSSR count). The molecule has 19 heavy (non-hydrogen) atoms. The molecule has 0 bridgehead atoms. The van der Waals surface area contributed by atoms with E-state index in [0.29, 0.717) is 18.0 Å². The second-order valence-corrected chi connectivity index (χ2v) is 4.95. The number of rotatable bonds is 3. The minimum Gasteiger partial charge on any atom is -0.480 e. The Morgan fingerprint density at radius 1 is 1.63 bits per heavy atom. The van der Waals surface area contributed by atoms with Gasteiger partial charge < -0.3 is 14.7 Å². The second kappa shape index (κ2) is 6.02. The smallest absolute Gasteiger partial charge is 0.259 e. The Bertz CT molecular complexity index is 448. The van der Waals surface area contributed by atoms with E-state index in [1.807, 2.05) is 0 Å². The number of carbonyl (C=O) groups excluding carboxylic acids is 1. The third kappa shape index (κ3) is 3.04. The highest BCUT2D eigenvalue weighted by Gasteiger charge is 2.28. The molecule has 5 heteroatoms. The number of amides is 1. The van der Waals surface area contributed by atoms with E-state index in [1.54, 1.807) is 30.2 Å². The molecule has 1 aliphatic rings. The first-order valence-corrected chi connectivity index (χ1v) is 6.60. The van der Waals surface area contributed by atoms with Gasteiger partial charge in [0, 0.05) is 25.2 Å². The Balaban J connectivity index is 2.15. The summed E-state index contributed by atoms with van der Waals surface area (Å²) >= 11 is 0. The van der Waals surface area contributed by atoms with Crippen molar-refractivity contribution < 1.29 is 14.6 Å². The highest BCUT2D eigenvalue weighted by atomic mass is 16.5. The minimum atomic E-state index is -0.383. The van der Waals surface area contributed by atoms with Crippen molar-refractivity contribution in [1.29, 1.82) is 0 Å². The number of pyridine rings is 1. The van der Waals surface area contributed by atoms with Crippen LogP contribution >= 0.6 is 0 Å². The monoisotopic (exact) mass is 264 g/mol. The average Bonchev–Trinajstić information content (AvgIpc) is 2.46. The predicted octanol–water partition coefficient (Wildman–Crippen LogP) is 1.32. The molecular weight excluding hydrogens is 244 g/mol. The van der Waals surface area contributed by atoms with Crippen molar-refractivity contribution in [3.63, 3.8) is 0 Å². The highest BCUT2D eigenvalue weighted by Crippen LogP contribution is 2.23. The number of methoxy groups -OCH3 is 1. The maximum atomic E-state index is 12.5. The lowest BCUT2D eigenvalue weighted by atomic mass is 9.93. The zero-order valence-corrected chi connectivity index (χ0v) is 11.4. The van der Waals surface area contributed by atoms with E-state index in [4.69, 9.17) is 4.74 Å². The first kappa shape index (κ1) is 13.8. The number of hydrogen-bond acceptors (Lipinski definition) is 4. The molecule has 1 saturated heterocycles. The third-order valence-corrected chi connectivity index (χ3v) is 3.62. The van der Waals surface area contributed by atoms with Gasteiger partial charge in [0.05, 0.1) is 13.2 Å². The average molecular weight is 264 g/mol. The van der Waals surface area contributed by atoms with E-state index in [1.165, 1.54) is 7.11 Å². The summed E-state index contributed by atoms with van der Waals surface area (Å²) in [5, 5.41) is 9.67. The lowest BCUT2D eigenvalue weighted by molar-refractivity contribution is 0.0463. The summed E-state index contributed by atoms with van der Waals surface area (Å²) in [5.41, 5.74) is 0.483. The van der Waals surface area contributed by atoms with Gasteiger partial charge in [-0.05, 0) is 31.9 Å². The quantitative estimate of drug-likeness (QED) is 0.894. The highest BCUT2D eigenvalue weighted by molar-refractivity contribution is 5.96. The Hall–Kier alpha value is -1.62. The molecule has 0 aromatic carbocycles. The SMILES string of the molecule is COc1ncccc1C(=O)N1CCCC(C(C)O)C1. The van der Waals surface area contributed by atoms with Crippen LogP contribution < -0.4 is 4.74 Å². The van der Waals surface area contributed by atoms with E-state index in [-0.39, 0.29) is 17.9 Å². The number of likely N-dealkylation sites (tertiary alicyclic amines) is 1. The van der Waals surface area contributed by atoms with Crippen LogP contribution in [0.4, 0.5) is 0 Å². The van der Waals surface area contributed by atoms with E-state index >= 15 is 0 Å². The van der Waals surface area contributed by atoms with Crippen LogP contribution in [0.5, 0.6) is 5.88 Å². The zero-order valence-electron chi connectivity index (χ0n) is 11.4. The molecule has 0 aliphatic carbocycles. The fraction of sp³-hybridized carbons (Fsp3) is 0.571. The Kier molecular flexibility index (Phi) is 4.37. The van der Waals surface area contributed by atoms with Gasteiger partial charge in [-0.25, -0.2) is 4.98 Å². The summed E-state index contributed by atoms with van der Waals surface area (Å²) in [4.78, 5) is 18.3. The van der Waals surface area contributed by atoms with Crippen LogP contribution in [0.1, 0.15) is 30.1 Å². The van der Waals surface area contributed by atoms with Gasteiger partial charge in [-0.15, -0.1) is 0 Å². The van der Waals surface area contributed by atoms with Crippen LogP contribution in [0.15, 0.2) is 18.3 Å². The van der Waals surface area contributed by atoms with Crippen molar-refractivity contribution in [2.75, 3.05) is 20.2 Å². The molecule has 2 atom stereocenters. The van der Waals surface area contributed by atoms with Gasteiger partial charge in [0.15, 0.2) is 0 Å². The second-order valence-electron chi connectivity index (χ2n) is 4.95. The van der Waals surface area contributed by atoms with Crippen molar-refractivity contribution >= 4 is 5.91 Å². The standard InChI is InChI=1S/C14H20N2O3/c1-10(17)11-5-4-8-16(9-11)14(18)12-6-3-7-15-13(12)19-2/h3,6-7,10-11,17H,4-5,8-9H2,1-2H3. The molecule has 104 valence electrons. The Labute approximate surface area is 113 Å². The van der Waals surface area contributed by atoms with Crippen LogP contribution in [-0.4, -0.2) is 47.2 Å². The van der Waals surface area contributed by atoms with E-state index in [0.717, 1.165) is 19.4 Å². The summed E-state index contributed by atoms with van der Waals surface area (Å²) in [6.07, 6.45) is 3.10. The summed E-state index contributed by atoms with van der Waals surface area (Å²) in [5.74, 6) is 0.433. The maximum Gasteiger partial charge on any atom is 0.259 e. The largest absolute Gasteiger partial charge is 0.480 e. The summed E-state index contributed by atoms with van der Waals surface area (Å²) in [6.45, 7) is 3.10. The molecule has 0 radical (unpaired) electrons. The lowest BCUT2D eigenvalue weighted by Gasteiger charge is -2.34. The van der Waals surface area contributed by atoms with Crippen molar-refractivity contribution in [3.8, 4) is 5.88 Å². The summed E-state index contributed by atoms with van der Waals surface area (Å²) in [7, 11) is 1.51. The molecule has 1 fully saturated rings. The van der Waals surface area contributed by atoms with Crippen LogP contribution in [0.25, 0.3) is 0 Å². The Morgan fingerprint density at radius 3 is 3.11 bits per heavy atom. The van der Waals surface area contributed by atoms with Crippen molar-refractivity contribution in [2.24, 2.45) is 5.92 Å². The van der Waals surface area contributed by atoms with Gasteiger partial charge in [-0.2, -0.15) is 0 Å². The molecule has 5 nitrogen and oxygen atoms in total. The van der Waals surface area contributed by atoms with Gasteiger partial charge in [0.25, 0.3) is 5.91 Å². The normalized spacial score (nSPS) is 21.0. The Morgan fingerprint density at radius 2 is 2.42 bits per heavy atom. The van der Waals surface area contributed by atoms with Crippen LogP contribution in [-0.2, 0) is 0 Å².